The van der Waals surface area contributed by atoms with E-state index < -0.39 is 11.0 Å². The van der Waals surface area contributed by atoms with Gasteiger partial charge < -0.3 is 10.2 Å². The lowest BCUT2D eigenvalue weighted by molar-refractivity contribution is -0.385. The number of aromatic nitrogens is 1. The monoisotopic (exact) mass is 380 g/mol. The van der Waals surface area contributed by atoms with E-state index in [0.717, 1.165) is 0 Å². The van der Waals surface area contributed by atoms with Crippen LogP contribution in [0.1, 0.15) is 12.1 Å². The normalized spacial score (nSPS) is 17.0. The van der Waals surface area contributed by atoms with Gasteiger partial charge in [-0.3, -0.25) is 14.9 Å². The maximum atomic E-state index is 12.6. The zero-order chi connectivity index (χ0) is 18.1. The van der Waals surface area contributed by atoms with E-state index in [1.54, 1.807) is 30.0 Å². The molecular formula is C16H14Cl2N4O3. The average Bonchev–Trinajstić information content (AvgIpc) is 2.91. The first-order valence-electron chi connectivity index (χ1n) is 7.52. The molecule has 130 valence electrons. The number of rotatable bonds is 4. The number of hydrogen-bond acceptors (Lipinski definition) is 5. The molecule has 7 nitrogen and oxygen atoms in total. The van der Waals surface area contributed by atoms with Gasteiger partial charge in [0.05, 0.1) is 15.0 Å². The average molecular weight is 381 g/mol. The number of carbonyl (C=O) groups is 1. The molecule has 0 aliphatic carbocycles. The molecule has 2 aromatic rings. The Labute approximate surface area is 153 Å². The van der Waals surface area contributed by atoms with Gasteiger partial charge in [-0.2, -0.15) is 0 Å². The van der Waals surface area contributed by atoms with Crippen LogP contribution in [0.2, 0.25) is 10.0 Å². The maximum Gasteiger partial charge on any atom is 0.290 e. The summed E-state index contributed by atoms with van der Waals surface area (Å²) in [6.45, 7) is 2.09. The molecule has 1 atom stereocenters. The fourth-order valence-corrected chi connectivity index (χ4v) is 3.02. The van der Waals surface area contributed by atoms with E-state index in [1.165, 1.54) is 12.1 Å². The lowest BCUT2D eigenvalue weighted by Gasteiger charge is -2.18. The molecule has 0 spiro atoms. The molecular weight excluding hydrogens is 367 g/mol. The summed E-state index contributed by atoms with van der Waals surface area (Å²) < 4.78 is 0. The highest BCUT2D eigenvalue weighted by atomic mass is 35.5. The van der Waals surface area contributed by atoms with Gasteiger partial charge >= 0.3 is 0 Å². The molecule has 0 radical (unpaired) electrons. The Bertz CT molecular complexity index is 859. The van der Waals surface area contributed by atoms with Crippen molar-refractivity contribution >= 4 is 46.3 Å². The van der Waals surface area contributed by atoms with Crippen molar-refractivity contribution in [2.24, 2.45) is 0 Å². The quantitative estimate of drug-likeness (QED) is 0.643. The molecule has 1 fully saturated rings. The van der Waals surface area contributed by atoms with Crippen LogP contribution in [-0.4, -0.2) is 28.4 Å². The molecule has 2 heterocycles. The van der Waals surface area contributed by atoms with E-state index in [4.69, 9.17) is 23.2 Å². The van der Waals surface area contributed by atoms with E-state index in [-0.39, 0.29) is 11.6 Å². The number of hydrogen-bond donors (Lipinski definition) is 1. The molecule has 1 unspecified atom stereocenters. The van der Waals surface area contributed by atoms with Crippen molar-refractivity contribution in [3.63, 3.8) is 0 Å². The van der Waals surface area contributed by atoms with Crippen molar-refractivity contribution in [1.82, 2.24) is 4.98 Å². The second kappa shape index (κ2) is 6.85. The zero-order valence-electron chi connectivity index (χ0n) is 13.2. The molecule has 0 saturated carbocycles. The van der Waals surface area contributed by atoms with E-state index in [1.807, 2.05) is 0 Å². The van der Waals surface area contributed by atoms with E-state index in [0.29, 0.717) is 40.2 Å². The van der Waals surface area contributed by atoms with E-state index in [2.05, 4.69) is 10.3 Å². The summed E-state index contributed by atoms with van der Waals surface area (Å²) in [5.41, 5.74) is 0.916. The predicted octanol–water partition coefficient (Wildman–Crippen LogP) is 3.82. The van der Waals surface area contributed by atoms with Gasteiger partial charge in [0.2, 0.25) is 5.91 Å². The summed E-state index contributed by atoms with van der Waals surface area (Å²) >= 11 is 11.9. The fourth-order valence-electron chi connectivity index (χ4n) is 2.73. The summed E-state index contributed by atoms with van der Waals surface area (Å²) in [5, 5.41) is 14.7. The number of halogens is 2. The number of benzene rings is 1. The number of carbonyl (C=O) groups excluding carboxylic acids is 1. The smallest absolute Gasteiger partial charge is 0.290 e. The van der Waals surface area contributed by atoms with Crippen LogP contribution in [0.4, 0.5) is 17.2 Å². The molecule has 1 aromatic heterocycles. The Kier molecular flexibility index (Phi) is 4.78. The van der Waals surface area contributed by atoms with Crippen molar-refractivity contribution in [1.29, 1.82) is 0 Å². The molecule has 1 saturated heterocycles. The summed E-state index contributed by atoms with van der Waals surface area (Å²) in [5.74, 6) is 0.314. The van der Waals surface area contributed by atoms with Crippen LogP contribution >= 0.6 is 23.2 Å². The van der Waals surface area contributed by atoms with E-state index in [9.17, 15) is 14.9 Å². The number of nitro groups is 1. The van der Waals surface area contributed by atoms with Gasteiger partial charge in [0, 0.05) is 18.3 Å². The Morgan fingerprint density at radius 3 is 2.68 bits per heavy atom. The van der Waals surface area contributed by atoms with Crippen molar-refractivity contribution in [3.8, 4) is 0 Å². The number of nitrogens with one attached hydrogen (secondary N) is 1. The molecule has 25 heavy (non-hydrogen) atoms. The first-order valence-corrected chi connectivity index (χ1v) is 8.27. The minimum atomic E-state index is -0.487. The lowest BCUT2D eigenvalue weighted by atomic mass is 10.2. The molecule has 1 aliphatic heterocycles. The minimum absolute atomic E-state index is 0.0549. The van der Waals surface area contributed by atoms with Gasteiger partial charge in [0.15, 0.2) is 0 Å². The Balaban J connectivity index is 1.75. The van der Waals surface area contributed by atoms with Crippen molar-refractivity contribution in [2.45, 2.75) is 19.4 Å². The molecule has 9 heteroatoms. The summed E-state index contributed by atoms with van der Waals surface area (Å²) in [7, 11) is 0. The third kappa shape index (κ3) is 3.52. The van der Waals surface area contributed by atoms with Gasteiger partial charge in [-0.15, -0.1) is 0 Å². The predicted molar refractivity (Wildman–Crippen MR) is 96.5 cm³/mol. The van der Waals surface area contributed by atoms with Crippen LogP contribution in [-0.2, 0) is 4.79 Å². The summed E-state index contributed by atoms with van der Waals surface area (Å²) in [4.78, 5) is 28.8. The third-order valence-electron chi connectivity index (χ3n) is 4.00. The Hall–Kier alpha value is -2.38. The number of pyridine rings is 1. The molecule has 1 aromatic carbocycles. The molecule has 3 rings (SSSR count). The first kappa shape index (κ1) is 17.4. The van der Waals surface area contributed by atoms with Gasteiger partial charge in [0.25, 0.3) is 5.69 Å². The SMILES string of the molecule is Cc1nc(NC2CCN(c3ccc(Cl)c(Cl)c3)C2=O)ccc1[N+](=O)[O-]. The number of aryl methyl sites for hydroxylation is 1. The lowest BCUT2D eigenvalue weighted by Crippen LogP contribution is -2.33. The number of nitrogens with zero attached hydrogens (tertiary/aromatic N) is 3. The maximum absolute atomic E-state index is 12.6. The minimum Gasteiger partial charge on any atom is -0.358 e. The van der Waals surface area contributed by atoms with Crippen molar-refractivity contribution < 1.29 is 9.72 Å². The van der Waals surface area contributed by atoms with E-state index >= 15 is 0 Å². The second-order valence-electron chi connectivity index (χ2n) is 5.63. The highest BCUT2D eigenvalue weighted by Crippen LogP contribution is 2.30. The second-order valence-corrected chi connectivity index (χ2v) is 6.45. The molecule has 1 amide bonds. The van der Waals surface area contributed by atoms with Crippen LogP contribution in [0.25, 0.3) is 0 Å². The standard InChI is InChI=1S/C16H14Cl2N4O3/c1-9-14(22(24)25)4-5-15(19-9)20-13-6-7-21(16(13)23)10-2-3-11(17)12(18)8-10/h2-5,8,13H,6-7H2,1H3,(H,19,20). The highest BCUT2D eigenvalue weighted by Gasteiger charge is 2.33. The van der Waals surface area contributed by atoms with Crippen LogP contribution in [0.15, 0.2) is 30.3 Å². The molecule has 1 aliphatic rings. The summed E-state index contributed by atoms with van der Waals surface area (Å²) in [6.07, 6.45) is 0.580. The van der Waals surface area contributed by atoms with Crippen LogP contribution in [0, 0.1) is 17.0 Å². The van der Waals surface area contributed by atoms with Crippen LogP contribution in [0.3, 0.4) is 0 Å². The Morgan fingerprint density at radius 2 is 2.04 bits per heavy atom. The number of anilines is 2. The van der Waals surface area contributed by atoms with Gasteiger partial charge in [0.1, 0.15) is 17.6 Å². The zero-order valence-corrected chi connectivity index (χ0v) is 14.7. The summed E-state index contributed by atoms with van der Waals surface area (Å²) in [6, 6.07) is 7.46. The highest BCUT2D eigenvalue weighted by molar-refractivity contribution is 6.42. The van der Waals surface area contributed by atoms with Gasteiger partial charge in [-0.1, -0.05) is 23.2 Å². The van der Waals surface area contributed by atoms with Gasteiger partial charge in [-0.05, 0) is 37.6 Å². The van der Waals surface area contributed by atoms with Gasteiger partial charge in [-0.25, -0.2) is 4.98 Å². The number of amides is 1. The fraction of sp³-hybridized carbons (Fsp3) is 0.250. The van der Waals surface area contributed by atoms with Crippen molar-refractivity contribution in [3.05, 3.63) is 56.2 Å². The topological polar surface area (TPSA) is 88.4 Å². The van der Waals surface area contributed by atoms with Crippen LogP contribution < -0.4 is 10.2 Å². The first-order chi connectivity index (χ1) is 11.9. The Morgan fingerprint density at radius 1 is 1.28 bits per heavy atom. The molecule has 0 bridgehead atoms. The largest absolute Gasteiger partial charge is 0.358 e. The van der Waals surface area contributed by atoms with Crippen molar-refractivity contribution in [2.75, 3.05) is 16.8 Å². The third-order valence-corrected chi connectivity index (χ3v) is 4.74. The molecule has 1 N–H and O–H groups in total. The van der Waals surface area contributed by atoms with Crippen LogP contribution in [0.5, 0.6) is 0 Å².